The van der Waals surface area contributed by atoms with Gasteiger partial charge in [0.1, 0.15) is 10.7 Å². The van der Waals surface area contributed by atoms with Gasteiger partial charge < -0.3 is 10.3 Å². The van der Waals surface area contributed by atoms with E-state index in [1.54, 1.807) is 11.3 Å². The Morgan fingerprint density at radius 2 is 2.27 bits per heavy atom. The molecule has 1 fully saturated rings. The van der Waals surface area contributed by atoms with Crippen LogP contribution in [-0.4, -0.2) is 41.5 Å². The molecule has 0 aromatic carbocycles. The zero-order chi connectivity index (χ0) is 15.7. The summed E-state index contributed by atoms with van der Waals surface area (Å²) in [5.41, 5.74) is 1.07. The fraction of sp³-hybridized carbons (Fsp3) is 0.625. The lowest BCUT2D eigenvalue weighted by Gasteiger charge is -2.32. The van der Waals surface area contributed by atoms with Crippen molar-refractivity contribution in [2.45, 2.75) is 33.2 Å². The van der Waals surface area contributed by atoms with E-state index in [1.807, 2.05) is 20.9 Å². The van der Waals surface area contributed by atoms with Gasteiger partial charge in [0.05, 0.1) is 11.9 Å². The molecule has 2 aromatic heterocycles. The Morgan fingerprint density at radius 1 is 1.45 bits per heavy atom. The zero-order valence-corrected chi connectivity index (χ0v) is 14.3. The zero-order valence-electron chi connectivity index (χ0n) is 13.5. The number of fused-ring (bicyclic) bond motifs is 1. The van der Waals surface area contributed by atoms with Gasteiger partial charge in [-0.3, -0.25) is 9.69 Å². The van der Waals surface area contributed by atoms with Gasteiger partial charge in [0.15, 0.2) is 0 Å². The SMILES string of the molecule is CNCC1CCCN(Cc2nc3sc(C)c(C)c3c(=O)[nH]2)C1. The minimum atomic E-state index is 0.00522. The van der Waals surface area contributed by atoms with Crippen LogP contribution in [0.15, 0.2) is 4.79 Å². The monoisotopic (exact) mass is 320 g/mol. The fourth-order valence-electron chi connectivity index (χ4n) is 3.34. The smallest absolute Gasteiger partial charge is 0.259 e. The number of aryl methyl sites for hydroxylation is 2. The molecule has 0 bridgehead atoms. The van der Waals surface area contributed by atoms with Crippen molar-refractivity contribution in [1.82, 2.24) is 20.2 Å². The summed E-state index contributed by atoms with van der Waals surface area (Å²) in [6.45, 7) is 8.01. The standard InChI is InChI=1S/C16H24N4OS/c1-10-11(2)22-16-14(10)15(21)18-13(19-16)9-20-6-4-5-12(8-20)7-17-3/h12,17H,4-9H2,1-3H3,(H,18,19,21). The van der Waals surface area contributed by atoms with Gasteiger partial charge in [-0.2, -0.15) is 0 Å². The minimum Gasteiger partial charge on any atom is -0.319 e. The Bertz CT molecular complexity index is 719. The summed E-state index contributed by atoms with van der Waals surface area (Å²) < 4.78 is 0. The lowest BCUT2D eigenvalue weighted by Crippen LogP contribution is -2.39. The van der Waals surface area contributed by atoms with E-state index < -0.39 is 0 Å². The predicted molar refractivity (Wildman–Crippen MR) is 91.6 cm³/mol. The first-order valence-corrected chi connectivity index (χ1v) is 8.76. The summed E-state index contributed by atoms with van der Waals surface area (Å²) in [5.74, 6) is 1.49. The average molecular weight is 320 g/mol. The van der Waals surface area contributed by atoms with Crippen LogP contribution in [0.2, 0.25) is 0 Å². The normalized spacial score (nSPS) is 19.9. The lowest BCUT2D eigenvalue weighted by molar-refractivity contribution is 0.163. The highest BCUT2D eigenvalue weighted by molar-refractivity contribution is 7.18. The van der Waals surface area contributed by atoms with Gasteiger partial charge >= 0.3 is 0 Å². The van der Waals surface area contributed by atoms with Gasteiger partial charge in [-0.15, -0.1) is 11.3 Å². The van der Waals surface area contributed by atoms with Crippen molar-refractivity contribution in [3.63, 3.8) is 0 Å². The predicted octanol–water partition coefficient (Wildman–Crippen LogP) is 2.03. The molecule has 22 heavy (non-hydrogen) atoms. The van der Waals surface area contributed by atoms with Crippen LogP contribution in [0.4, 0.5) is 0 Å². The molecule has 1 atom stereocenters. The number of likely N-dealkylation sites (tertiary alicyclic amines) is 1. The second kappa shape index (κ2) is 6.48. The topological polar surface area (TPSA) is 61.0 Å². The van der Waals surface area contributed by atoms with Crippen molar-refractivity contribution in [1.29, 1.82) is 0 Å². The van der Waals surface area contributed by atoms with Crippen LogP contribution in [0, 0.1) is 19.8 Å². The van der Waals surface area contributed by atoms with E-state index in [9.17, 15) is 4.79 Å². The van der Waals surface area contributed by atoms with Gasteiger partial charge in [-0.25, -0.2) is 4.98 Å². The first kappa shape index (κ1) is 15.6. The first-order valence-electron chi connectivity index (χ1n) is 7.94. The summed E-state index contributed by atoms with van der Waals surface area (Å²) in [5, 5.41) is 4.03. The average Bonchev–Trinajstić information content (AvgIpc) is 2.75. The minimum absolute atomic E-state index is 0.00522. The Kier molecular flexibility index (Phi) is 4.61. The third kappa shape index (κ3) is 3.09. The van der Waals surface area contributed by atoms with Crippen LogP contribution in [0.3, 0.4) is 0 Å². The lowest BCUT2D eigenvalue weighted by atomic mass is 9.98. The number of nitrogens with one attached hydrogen (secondary N) is 2. The van der Waals surface area contributed by atoms with Gasteiger partial charge in [0.2, 0.25) is 0 Å². The highest BCUT2D eigenvalue weighted by atomic mass is 32.1. The molecule has 6 heteroatoms. The second-order valence-electron chi connectivity index (χ2n) is 6.28. The van der Waals surface area contributed by atoms with E-state index in [0.717, 1.165) is 47.8 Å². The Balaban J connectivity index is 1.81. The summed E-state index contributed by atoms with van der Waals surface area (Å²) >= 11 is 1.62. The largest absolute Gasteiger partial charge is 0.319 e. The molecule has 2 aromatic rings. The van der Waals surface area contributed by atoms with Crippen LogP contribution < -0.4 is 10.9 Å². The van der Waals surface area contributed by atoms with Crippen LogP contribution in [0.25, 0.3) is 10.2 Å². The Morgan fingerprint density at radius 3 is 3.05 bits per heavy atom. The number of aromatic amines is 1. The van der Waals surface area contributed by atoms with Crippen molar-refractivity contribution in [2.24, 2.45) is 5.92 Å². The van der Waals surface area contributed by atoms with E-state index in [4.69, 9.17) is 0 Å². The quantitative estimate of drug-likeness (QED) is 0.905. The van der Waals surface area contributed by atoms with Crippen molar-refractivity contribution < 1.29 is 0 Å². The molecule has 5 nitrogen and oxygen atoms in total. The van der Waals surface area contributed by atoms with E-state index >= 15 is 0 Å². The van der Waals surface area contributed by atoms with E-state index in [2.05, 4.69) is 20.2 Å². The molecule has 0 spiro atoms. The van der Waals surface area contributed by atoms with Gasteiger partial charge in [0.25, 0.3) is 5.56 Å². The van der Waals surface area contributed by atoms with E-state index in [1.165, 1.54) is 17.7 Å². The second-order valence-corrected chi connectivity index (χ2v) is 7.48. The third-order valence-corrected chi connectivity index (χ3v) is 5.66. The van der Waals surface area contributed by atoms with Crippen LogP contribution in [-0.2, 0) is 6.54 Å². The number of aromatic nitrogens is 2. The van der Waals surface area contributed by atoms with E-state index in [-0.39, 0.29) is 5.56 Å². The molecule has 1 aliphatic heterocycles. The van der Waals surface area contributed by atoms with Crippen molar-refractivity contribution in [2.75, 3.05) is 26.7 Å². The molecule has 0 aliphatic carbocycles. The molecule has 1 saturated heterocycles. The molecule has 1 aliphatic rings. The van der Waals surface area contributed by atoms with Gasteiger partial charge in [-0.05, 0) is 58.3 Å². The molecule has 0 radical (unpaired) electrons. The van der Waals surface area contributed by atoms with Crippen molar-refractivity contribution in [3.05, 3.63) is 26.6 Å². The Hall–Kier alpha value is -1.24. The van der Waals surface area contributed by atoms with Crippen LogP contribution in [0.1, 0.15) is 29.1 Å². The molecule has 120 valence electrons. The fourth-order valence-corrected chi connectivity index (χ4v) is 4.38. The molecule has 3 rings (SSSR count). The van der Waals surface area contributed by atoms with E-state index in [0.29, 0.717) is 5.92 Å². The number of H-pyrrole nitrogens is 1. The summed E-state index contributed by atoms with van der Waals surface area (Å²) in [4.78, 5) is 24.5. The Labute approximate surface area is 134 Å². The highest BCUT2D eigenvalue weighted by Gasteiger charge is 2.20. The first-order chi connectivity index (χ1) is 10.6. The summed E-state index contributed by atoms with van der Waals surface area (Å²) in [6, 6.07) is 0. The summed E-state index contributed by atoms with van der Waals surface area (Å²) in [7, 11) is 2.01. The van der Waals surface area contributed by atoms with Crippen LogP contribution >= 0.6 is 11.3 Å². The number of piperidine rings is 1. The number of nitrogens with zero attached hydrogens (tertiary/aromatic N) is 2. The number of rotatable bonds is 4. The maximum Gasteiger partial charge on any atom is 0.259 e. The number of thiophene rings is 1. The molecule has 2 N–H and O–H groups in total. The molecule has 0 saturated carbocycles. The maximum absolute atomic E-state index is 12.3. The third-order valence-electron chi connectivity index (χ3n) is 4.56. The van der Waals surface area contributed by atoms with Crippen LogP contribution in [0.5, 0.6) is 0 Å². The maximum atomic E-state index is 12.3. The van der Waals surface area contributed by atoms with Gasteiger partial charge in [0, 0.05) is 11.4 Å². The summed E-state index contributed by atoms with van der Waals surface area (Å²) in [6.07, 6.45) is 2.50. The van der Waals surface area contributed by atoms with Crippen molar-refractivity contribution in [3.8, 4) is 0 Å². The molecule has 1 unspecified atom stereocenters. The molecule has 3 heterocycles. The van der Waals surface area contributed by atoms with Gasteiger partial charge in [-0.1, -0.05) is 0 Å². The molecular weight excluding hydrogens is 296 g/mol. The molecular formula is C16H24N4OS. The number of hydrogen-bond donors (Lipinski definition) is 2. The number of hydrogen-bond acceptors (Lipinski definition) is 5. The van der Waals surface area contributed by atoms with Crippen molar-refractivity contribution >= 4 is 21.6 Å². The molecule has 0 amide bonds. The highest BCUT2D eigenvalue weighted by Crippen LogP contribution is 2.26.